The number of aromatic nitrogens is 1. The summed E-state index contributed by atoms with van der Waals surface area (Å²) < 4.78 is 19.0. The van der Waals surface area contributed by atoms with Crippen molar-refractivity contribution in [1.29, 1.82) is 0 Å². The second kappa shape index (κ2) is 7.63. The number of ether oxygens (including phenoxy) is 1. The van der Waals surface area contributed by atoms with Gasteiger partial charge in [0, 0.05) is 33.0 Å². The maximum Gasteiger partial charge on any atom is 0.256 e. The van der Waals surface area contributed by atoms with Gasteiger partial charge >= 0.3 is 0 Å². The summed E-state index contributed by atoms with van der Waals surface area (Å²) in [5, 5.41) is 9.77. The third kappa shape index (κ3) is 3.44. The first-order chi connectivity index (χ1) is 13.9. The third-order valence-corrected chi connectivity index (χ3v) is 6.10. The number of hydrogen-bond donors (Lipinski definition) is 1. The van der Waals surface area contributed by atoms with Crippen molar-refractivity contribution in [2.45, 2.75) is 38.8 Å². The van der Waals surface area contributed by atoms with Crippen molar-refractivity contribution in [3.05, 3.63) is 52.5 Å². The first-order valence-corrected chi connectivity index (χ1v) is 9.97. The average Bonchev–Trinajstić information content (AvgIpc) is 2.97. The second-order valence-electron chi connectivity index (χ2n) is 7.82. The normalized spacial score (nSPS) is 19.6. The molecule has 1 aromatic carbocycles. The first kappa shape index (κ1) is 19.6. The molecule has 154 valence electrons. The molecule has 4 rings (SSSR count). The van der Waals surface area contributed by atoms with Gasteiger partial charge in [-0.15, -0.1) is 0 Å². The fraction of sp³-hybridized carbons (Fsp3) is 0.455. The van der Waals surface area contributed by atoms with Gasteiger partial charge in [0.2, 0.25) is 0 Å². The van der Waals surface area contributed by atoms with Crippen molar-refractivity contribution < 1.29 is 19.0 Å². The summed E-state index contributed by atoms with van der Waals surface area (Å²) in [4.78, 5) is 21.2. The number of rotatable bonds is 4. The number of likely N-dealkylation sites (N-methyl/N-ethyl adjacent to an activating group) is 1. The molecule has 7 heteroatoms. The fourth-order valence-corrected chi connectivity index (χ4v) is 4.22. The Bertz CT molecular complexity index is 924. The Morgan fingerprint density at radius 1 is 1.17 bits per heavy atom. The minimum Gasteiger partial charge on any atom is -0.490 e. The summed E-state index contributed by atoms with van der Waals surface area (Å²) in [6, 6.07) is 5.72. The number of carbonyl (C=O) groups is 1. The number of halogens is 1. The SMILES string of the molecule is Cc1c(N2CCC(Oc3ccc(F)cc3)CC2)nc2c(c1C)C(=O)N(C)[C@H]2CO. The van der Waals surface area contributed by atoms with Gasteiger partial charge in [0.05, 0.1) is 23.9 Å². The lowest BCUT2D eigenvalue weighted by Gasteiger charge is -2.34. The van der Waals surface area contributed by atoms with Crippen LogP contribution in [0.1, 0.15) is 46.1 Å². The average molecular weight is 399 g/mol. The van der Waals surface area contributed by atoms with Crippen LogP contribution in [-0.2, 0) is 0 Å². The molecule has 0 radical (unpaired) electrons. The molecule has 3 heterocycles. The van der Waals surface area contributed by atoms with E-state index < -0.39 is 6.04 Å². The molecule has 1 amide bonds. The molecule has 1 saturated heterocycles. The number of aliphatic hydroxyl groups is 1. The highest BCUT2D eigenvalue weighted by molar-refractivity contribution is 6.00. The van der Waals surface area contributed by atoms with Crippen LogP contribution in [0.15, 0.2) is 24.3 Å². The molecule has 1 atom stereocenters. The topological polar surface area (TPSA) is 65.9 Å². The molecular weight excluding hydrogens is 373 g/mol. The Kier molecular flexibility index (Phi) is 5.17. The summed E-state index contributed by atoms with van der Waals surface area (Å²) in [7, 11) is 1.71. The number of pyridine rings is 1. The highest BCUT2D eigenvalue weighted by atomic mass is 19.1. The number of anilines is 1. The zero-order valence-electron chi connectivity index (χ0n) is 17.0. The molecule has 2 aromatic rings. The predicted octanol–water partition coefficient (Wildman–Crippen LogP) is 3.00. The molecule has 1 aromatic heterocycles. The lowest BCUT2D eigenvalue weighted by Crippen LogP contribution is -2.39. The van der Waals surface area contributed by atoms with Crippen LogP contribution in [-0.4, -0.2) is 53.7 Å². The van der Waals surface area contributed by atoms with Crippen LogP contribution < -0.4 is 9.64 Å². The predicted molar refractivity (Wildman–Crippen MR) is 108 cm³/mol. The van der Waals surface area contributed by atoms with Crippen LogP contribution >= 0.6 is 0 Å². The van der Waals surface area contributed by atoms with E-state index in [1.807, 2.05) is 13.8 Å². The van der Waals surface area contributed by atoms with E-state index in [4.69, 9.17) is 9.72 Å². The van der Waals surface area contributed by atoms with E-state index in [1.54, 1.807) is 24.1 Å². The molecular formula is C22H26FN3O3. The van der Waals surface area contributed by atoms with E-state index >= 15 is 0 Å². The van der Waals surface area contributed by atoms with Crippen LogP contribution in [0, 0.1) is 19.7 Å². The van der Waals surface area contributed by atoms with Crippen LogP contribution in [0.3, 0.4) is 0 Å². The van der Waals surface area contributed by atoms with Gasteiger partial charge in [0.25, 0.3) is 5.91 Å². The molecule has 0 unspecified atom stereocenters. The van der Waals surface area contributed by atoms with Gasteiger partial charge in [-0.05, 0) is 49.2 Å². The minimum atomic E-state index is -0.394. The molecule has 0 aliphatic carbocycles. The van der Waals surface area contributed by atoms with E-state index in [9.17, 15) is 14.3 Å². The van der Waals surface area contributed by atoms with Crippen molar-refractivity contribution in [3.8, 4) is 5.75 Å². The molecule has 6 nitrogen and oxygen atoms in total. The summed E-state index contributed by atoms with van der Waals surface area (Å²) in [6.45, 7) is 5.38. The van der Waals surface area contributed by atoms with Gasteiger partial charge in [-0.2, -0.15) is 0 Å². The second-order valence-corrected chi connectivity index (χ2v) is 7.82. The highest BCUT2D eigenvalue weighted by Crippen LogP contribution is 2.37. The standard InChI is InChI=1S/C22H26FN3O3/c1-13-14(2)21(24-20-18(12-27)25(3)22(28)19(13)20)26-10-8-17(9-11-26)29-16-6-4-15(23)5-7-16/h4-7,17-18,27H,8-12H2,1-3H3/t18-/m0/s1. The summed E-state index contributed by atoms with van der Waals surface area (Å²) in [5.74, 6) is 1.21. The number of fused-ring (bicyclic) bond motifs is 1. The Morgan fingerprint density at radius 3 is 2.45 bits per heavy atom. The van der Waals surface area contributed by atoms with Crippen LogP contribution in [0.2, 0.25) is 0 Å². The Labute approximate surface area is 169 Å². The lowest BCUT2D eigenvalue weighted by atomic mass is 10.00. The molecule has 2 aliphatic rings. The quantitative estimate of drug-likeness (QED) is 0.856. The Hall–Kier alpha value is -2.67. The molecule has 0 spiro atoms. The van der Waals surface area contributed by atoms with Gasteiger partial charge in [-0.3, -0.25) is 4.79 Å². The van der Waals surface area contributed by atoms with E-state index in [2.05, 4.69) is 4.90 Å². The zero-order valence-corrected chi connectivity index (χ0v) is 17.0. The van der Waals surface area contributed by atoms with Gasteiger partial charge in [0.1, 0.15) is 23.5 Å². The number of benzene rings is 1. The first-order valence-electron chi connectivity index (χ1n) is 9.97. The molecule has 29 heavy (non-hydrogen) atoms. The van der Waals surface area contributed by atoms with Gasteiger partial charge in [-0.1, -0.05) is 0 Å². The fourth-order valence-electron chi connectivity index (χ4n) is 4.22. The van der Waals surface area contributed by atoms with Crippen LogP contribution in [0.4, 0.5) is 10.2 Å². The van der Waals surface area contributed by atoms with Crippen molar-refractivity contribution in [3.63, 3.8) is 0 Å². The number of carbonyl (C=O) groups excluding carboxylic acids is 1. The summed E-state index contributed by atoms with van der Waals surface area (Å²) in [6.07, 6.45) is 1.73. The largest absolute Gasteiger partial charge is 0.490 e. The smallest absolute Gasteiger partial charge is 0.256 e. The number of nitrogens with zero attached hydrogens (tertiary/aromatic N) is 3. The number of amides is 1. The van der Waals surface area contributed by atoms with Crippen LogP contribution in [0.25, 0.3) is 0 Å². The number of aliphatic hydroxyl groups excluding tert-OH is 1. The van der Waals surface area contributed by atoms with E-state index in [1.165, 1.54) is 12.1 Å². The van der Waals surface area contributed by atoms with Gasteiger partial charge in [0.15, 0.2) is 0 Å². The van der Waals surface area contributed by atoms with Gasteiger partial charge < -0.3 is 19.6 Å². The monoisotopic (exact) mass is 399 g/mol. The van der Waals surface area contributed by atoms with Crippen molar-refractivity contribution in [2.24, 2.45) is 0 Å². The molecule has 2 aliphatic heterocycles. The van der Waals surface area contributed by atoms with E-state index in [0.717, 1.165) is 42.9 Å². The summed E-state index contributed by atoms with van der Waals surface area (Å²) >= 11 is 0. The van der Waals surface area contributed by atoms with Crippen LogP contribution in [0.5, 0.6) is 5.75 Å². The van der Waals surface area contributed by atoms with Crippen molar-refractivity contribution in [1.82, 2.24) is 9.88 Å². The molecule has 0 bridgehead atoms. The van der Waals surface area contributed by atoms with E-state index in [-0.39, 0.29) is 24.4 Å². The maximum atomic E-state index is 13.1. The number of hydrogen-bond acceptors (Lipinski definition) is 5. The molecule has 1 fully saturated rings. The number of piperidine rings is 1. The maximum absolute atomic E-state index is 13.1. The highest BCUT2D eigenvalue weighted by Gasteiger charge is 2.38. The Morgan fingerprint density at radius 2 is 1.83 bits per heavy atom. The van der Waals surface area contributed by atoms with E-state index in [0.29, 0.717) is 17.0 Å². The van der Waals surface area contributed by atoms with Gasteiger partial charge in [-0.25, -0.2) is 9.37 Å². The lowest BCUT2D eigenvalue weighted by molar-refractivity contribution is 0.0714. The zero-order chi connectivity index (χ0) is 20.7. The minimum absolute atomic E-state index is 0.0745. The summed E-state index contributed by atoms with van der Waals surface area (Å²) in [5.41, 5.74) is 3.23. The molecule has 0 saturated carbocycles. The molecule has 1 N–H and O–H groups in total. The van der Waals surface area contributed by atoms with Crippen molar-refractivity contribution >= 4 is 11.7 Å². The third-order valence-electron chi connectivity index (χ3n) is 6.10. The Balaban J connectivity index is 1.52. The van der Waals surface area contributed by atoms with Crippen molar-refractivity contribution in [2.75, 3.05) is 31.6 Å².